The Hall–Kier alpha value is -1.85. The van der Waals surface area contributed by atoms with Gasteiger partial charge in [0, 0.05) is 12.0 Å². The standard InChI is InChI=1S/C14H20N2O4/c1-3-8(4-2)12-5-9(20-16-12)7-15-13(17)10-6-11(10)14(18)19/h5,8,10-11H,3-4,6-7H2,1-2H3,(H,15,17)(H,18,19). The quantitative estimate of drug-likeness (QED) is 0.796. The van der Waals surface area contributed by atoms with Crippen LogP contribution in [0.1, 0.15) is 50.5 Å². The lowest BCUT2D eigenvalue weighted by Crippen LogP contribution is -2.25. The maximum atomic E-state index is 11.7. The van der Waals surface area contributed by atoms with Gasteiger partial charge in [0.2, 0.25) is 5.91 Å². The van der Waals surface area contributed by atoms with E-state index in [0.29, 0.717) is 18.1 Å². The van der Waals surface area contributed by atoms with E-state index in [-0.39, 0.29) is 12.5 Å². The van der Waals surface area contributed by atoms with Gasteiger partial charge in [0.05, 0.1) is 24.1 Å². The smallest absolute Gasteiger partial charge is 0.307 e. The van der Waals surface area contributed by atoms with Crippen molar-refractivity contribution < 1.29 is 19.2 Å². The summed E-state index contributed by atoms with van der Waals surface area (Å²) in [6, 6.07) is 1.86. The molecule has 1 amide bonds. The highest BCUT2D eigenvalue weighted by Crippen LogP contribution is 2.38. The predicted molar refractivity (Wildman–Crippen MR) is 70.9 cm³/mol. The van der Waals surface area contributed by atoms with E-state index in [2.05, 4.69) is 24.3 Å². The molecule has 2 N–H and O–H groups in total. The van der Waals surface area contributed by atoms with Crippen LogP contribution in [0.25, 0.3) is 0 Å². The normalized spacial score (nSPS) is 20.9. The summed E-state index contributed by atoms with van der Waals surface area (Å²) in [5.74, 6) is -1.06. The molecule has 2 unspecified atom stereocenters. The Labute approximate surface area is 117 Å². The summed E-state index contributed by atoms with van der Waals surface area (Å²) in [5.41, 5.74) is 0.911. The van der Waals surface area contributed by atoms with E-state index in [1.54, 1.807) is 0 Å². The Morgan fingerprint density at radius 2 is 2.15 bits per heavy atom. The second kappa shape index (κ2) is 6.07. The van der Waals surface area contributed by atoms with Gasteiger partial charge in [-0.25, -0.2) is 0 Å². The second-order valence-corrected chi connectivity index (χ2v) is 5.24. The number of hydrogen-bond donors (Lipinski definition) is 2. The molecule has 0 spiro atoms. The van der Waals surface area contributed by atoms with Gasteiger partial charge in [-0.05, 0) is 19.3 Å². The van der Waals surface area contributed by atoms with Crippen molar-refractivity contribution >= 4 is 11.9 Å². The lowest BCUT2D eigenvalue weighted by Gasteiger charge is -2.06. The SMILES string of the molecule is CCC(CC)c1cc(CNC(=O)C2CC2C(=O)O)on1. The van der Waals surface area contributed by atoms with E-state index < -0.39 is 17.8 Å². The van der Waals surface area contributed by atoms with E-state index in [0.717, 1.165) is 18.5 Å². The van der Waals surface area contributed by atoms with Crippen molar-refractivity contribution in [3.63, 3.8) is 0 Å². The Morgan fingerprint density at radius 1 is 1.45 bits per heavy atom. The largest absolute Gasteiger partial charge is 0.481 e. The average Bonchev–Trinajstić information content (AvgIpc) is 3.11. The molecule has 1 aromatic rings. The van der Waals surface area contributed by atoms with Gasteiger partial charge in [-0.1, -0.05) is 19.0 Å². The Bertz CT molecular complexity index is 493. The molecule has 110 valence electrons. The van der Waals surface area contributed by atoms with Crippen LogP contribution in [0.2, 0.25) is 0 Å². The van der Waals surface area contributed by atoms with Crippen molar-refractivity contribution in [3.05, 3.63) is 17.5 Å². The molecule has 1 aliphatic carbocycles. The van der Waals surface area contributed by atoms with Crippen LogP contribution in [0.3, 0.4) is 0 Å². The zero-order valence-corrected chi connectivity index (χ0v) is 11.8. The fourth-order valence-corrected chi connectivity index (χ4v) is 2.37. The predicted octanol–water partition coefficient (Wildman–Crippen LogP) is 1.92. The fourth-order valence-electron chi connectivity index (χ4n) is 2.37. The highest BCUT2D eigenvalue weighted by Gasteiger charge is 2.48. The van der Waals surface area contributed by atoms with Crippen LogP contribution >= 0.6 is 0 Å². The van der Waals surface area contributed by atoms with Crippen LogP contribution in [0.15, 0.2) is 10.6 Å². The van der Waals surface area contributed by atoms with Gasteiger partial charge in [-0.15, -0.1) is 0 Å². The van der Waals surface area contributed by atoms with Gasteiger partial charge in [0.25, 0.3) is 0 Å². The number of carbonyl (C=O) groups excluding carboxylic acids is 1. The van der Waals surface area contributed by atoms with Crippen molar-refractivity contribution in [1.29, 1.82) is 0 Å². The van der Waals surface area contributed by atoms with Crippen LogP contribution in [0.4, 0.5) is 0 Å². The van der Waals surface area contributed by atoms with Gasteiger partial charge in [-0.3, -0.25) is 9.59 Å². The zero-order chi connectivity index (χ0) is 14.7. The molecule has 1 fully saturated rings. The maximum Gasteiger partial charge on any atom is 0.307 e. The summed E-state index contributed by atoms with van der Waals surface area (Å²) < 4.78 is 5.19. The molecule has 1 saturated carbocycles. The molecule has 0 aromatic carbocycles. The number of nitrogens with one attached hydrogen (secondary N) is 1. The van der Waals surface area contributed by atoms with Crippen LogP contribution < -0.4 is 5.32 Å². The van der Waals surface area contributed by atoms with E-state index in [4.69, 9.17) is 9.63 Å². The number of hydrogen-bond acceptors (Lipinski definition) is 4. The van der Waals surface area contributed by atoms with Gasteiger partial charge < -0.3 is 14.9 Å². The first-order valence-corrected chi connectivity index (χ1v) is 7.02. The van der Waals surface area contributed by atoms with Crippen LogP contribution in [0.5, 0.6) is 0 Å². The maximum absolute atomic E-state index is 11.7. The van der Waals surface area contributed by atoms with Crippen LogP contribution in [-0.4, -0.2) is 22.1 Å². The molecule has 6 heteroatoms. The first kappa shape index (κ1) is 14.6. The Kier molecular flexibility index (Phi) is 4.42. The minimum atomic E-state index is -0.902. The number of nitrogens with zero attached hydrogens (tertiary/aromatic N) is 1. The van der Waals surface area contributed by atoms with Gasteiger partial charge >= 0.3 is 5.97 Å². The molecular formula is C14H20N2O4. The number of aliphatic carboxylic acids is 1. The highest BCUT2D eigenvalue weighted by atomic mass is 16.5. The average molecular weight is 280 g/mol. The summed E-state index contributed by atoms with van der Waals surface area (Å²) in [6.07, 6.45) is 2.42. The molecule has 1 heterocycles. The minimum Gasteiger partial charge on any atom is -0.481 e. The highest BCUT2D eigenvalue weighted by molar-refractivity contribution is 5.89. The molecular weight excluding hydrogens is 260 g/mol. The number of aromatic nitrogens is 1. The third kappa shape index (κ3) is 3.18. The molecule has 2 rings (SSSR count). The lowest BCUT2D eigenvalue weighted by molar-refractivity contribution is -0.140. The van der Waals surface area contributed by atoms with Crippen molar-refractivity contribution in [1.82, 2.24) is 10.5 Å². The van der Waals surface area contributed by atoms with E-state index in [1.807, 2.05) is 6.07 Å². The molecule has 6 nitrogen and oxygen atoms in total. The van der Waals surface area contributed by atoms with Crippen molar-refractivity contribution in [2.24, 2.45) is 11.8 Å². The first-order chi connectivity index (χ1) is 9.56. The lowest BCUT2D eigenvalue weighted by atomic mass is 9.99. The van der Waals surface area contributed by atoms with Gasteiger partial charge in [0.1, 0.15) is 0 Å². The van der Waals surface area contributed by atoms with E-state index in [1.165, 1.54) is 0 Å². The Balaban J connectivity index is 1.83. The summed E-state index contributed by atoms with van der Waals surface area (Å²) in [6.45, 7) is 4.46. The molecule has 20 heavy (non-hydrogen) atoms. The van der Waals surface area contributed by atoms with E-state index >= 15 is 0 Å². The molecule has 1 aromatic heterocycles. The molecule has 0 saturated heterocycles. The minimum absolute atomic E-state index is 0.224. The molecule has 0 radical (unpaired) electrons. The van der Waals surface area contributed by atoms with Crippen LogP contribution in [-0.2, 0) is 16.1 Å². The number of rotatable bonds is 7. The fraction of sp³-hybridized carbons (Fsp3) is 0.643. The topological polar surface area (TPSA) is 92.4 Å². The first-order valence-electron chi connectivity index (χ1n) is 7.02. The molecule has 0 aliphatic heterocycles. The second-order valence-electron chi connectivity index (χ2n) is 5.24. The third-order valence-electron chi connectivity index (χ3n) is 3.86. The zero-order valence-electron chi connectivity index (χ0n) is 11.8. The number of carboxylic acids is 1. The molecule has 1 aliphatic rings. The number of carbonyl (C=O) groups is 2. The molecule has 2 atom stereocenters. The van der Waals surface area contributed by atoms with E-state index in [9.17, 15) is 9.59 Å². The van der Waals surface area contributed by atoms with Crippen molar-refractivity contribution in [3.8, 4) is 0 Å². The van der Waals surface area contributed by atoms with Crippen LogP contribution in [0, 0.1) is 11.8 Å². The number of carboxylic acid groups (broad SMARTS) is 1. The summed E-state index contributed by atoms with van der Waals surface area (Å²) in [5, 5.41) is 15.5. The van der Waals surface area contributed by atoms with Gasteiger partial charge in [-0.2, -0.15) is 0 Å². The summed E-state index contributed by atoms with van der Waals surface area (Å²) in [7, 11) is 0. The van der Waals surface area contributed by atoms with Gasteiger partial charge in [0.15, 0.2) is 5.76 Å². The summed E-state index contributed by atoms with van der Waals surface area (Å²) >= 11 is 0. The Morgan fingerprint density at radius 3 is 2.70 bits per heavy atom. The third-order valence-corrected chi connectivity index (χ3v) is 3.86. The molecule has 0 bridgehead atoms. The summed E-state index contributed by atoms with van der Waals surface area (Å²) in [4.78, 5) is 22.4. The van der Waals surface area contributed by atoms with Crippen molar-refractivity contribution in [2.45, 2.75) is 45.6 Å². The van der Waals surface area contributed by atoms with Crippen molar-refractivity contribution in [2.75, 3.05) is 0 Å². The monoisotopic (exact) mass is 280 g/mol. The number of amides is 1.